The maximum atomic E-state index is 11.5. The van der Waals surface area contributed by atoms with Gasteiger partial charge in [0.1, 0.15) is 12.7 Å². The normalized spacial score (nSPS) is 12.2. The van der Waals surface area contributed by atoms with Crippen LogP contribution in [0.3, 0.4) is 0 Å². The quantitative estimate of drug-likeness (QED) is 0.529. The van der Waals surface area contributed by atoms with Crippen molar-refractivity contribution in [1.82, 2.24) is 0 Å². The van der Waals surface area contributed by atoms with Gasteiger partial charge in [0.15, 0.2) is 0 Å². The van der Waals surface area contributed by atoms with Gasteiger partial charge < -0.3 is 20.7 Å². The fraction of sp³-hybridized carbons (Fsp3) is 0.300. The minimum absolute atomic E-state index is 0.132. The molecular weight excluding hydrogens is 234 g/mol. The lowest BCUT2D eigenvalue weighted by Gasteiger charge is -2.10. The van der Waals surface area contributed by atoms with Crippen molar-refractivity contribution < 1.29 is 19.7 Å². The highest BCUT2D eigenvalue weighted by atomic mass is 35.5. The van der Waals surface area contributed by atoms with E-state index in [1.54, 1.807) is 12.1 Å². The zero-order valence-corrected chi connectivity index (χ0v) is 9.15. The van der Waals surface area contributed by atoms with E-state index in [4.69, 9.17) is 32.3 Å². The molecule has 0 saturated carbocycles. The lowest BCUT2D eigenvalue weighted by Crippen LogP contribution is -2.22. The number of para-hydroxylation sites is 1. The van der Waals surface area contributed by atoms with Crippen LogP contribution in [-0.4, -0.2) is 35.5 Å². The Morgan fingerprint density at radius 3 is 2.88 bits per heavy atom. The SMILES string of the molecule is Nc1c(Cl)cccc1C(=O)OCC(O)CO. The largest absolute Gasteiger partial charge is 0.459 e. The van der Waals surface area contributed by atoms with Crippen LogP contribution in [0.2, 0.25) is 5.02 Å². The van der Waals surface area contributed by atoms with Gasteiger partial charge in [-0.3, -0.25) is 0 Å². The molecular formula is C10H12ClNO4. The lowest BCUT2D eigenvalue weighted by atomic mass is 10.2. The monoisotopic (exact) mass is 245 g/mol. The van der Waals surface area contributed by atoms with E-state index in [9.17, 15) is 4.79 Å². The van der Waals surface area contributed by atoms with Gasteiger partial charge in [-0.25, -0.2) is 4.79 Å². The highest BCUT2D eigenvalue weighted by Gasteiger charge is 2.14. The molecule has 0 bridgehead atoms. The standard InChI is InChI=1S/C10H12ClNO4/c11-8-3-1-2-7(9(8)12)10(15)16-5-6(14)4-13/h1-3,6,13-14H,4-5,12H2. The molecule has 0 aromatic heterocycles. The number of rotatable bonds is 4. The Kier molecular flexibility index (Phi) is 4.54. The Morgan fingerprint density at radius 1 is 1.56 bits per heavy atom. The maximum Gasteiger partial charge on any atom is 0.340 e. The molecule has 0 spiro atoms. The van der Waals surface area contributed by atoms with Gasteiger partial charge in [0.2, 0.25) is 0 Å². The molecule has 1 unspecified atom stereocenters. The van der Waals surface area contributed by atoms with Crippen molar-refractivity contribution in [2.24, 2.45) is 0 Å². The van der Waals surface area contributed by atoms with Gasteiger partial charge in [-0.1, -0.05) is 17.7 Å². The molecule has 0 amide bonds. The van der Waals surface area contributed by atoms with E-state index in [0.29, 0.717) is 0 Å². The zero-order valence-electron chi connectivity index (χ0n) is 8.39. The van der Waals surface area contributed by atoms with Crippen LogP contribution in [0.1, 0.15) is 10.4 Å². The lowest BCUT2D eigenvalue weighted by molar-refractivity contribution is 0.00941. The molecule has 16 heavy (non-hydrogen) atoms. The number of anilines is 1. The van der Waals surface area contributed by atoms with E-state index >= 15 is 0 Å². The van der Waals surface area contributed by atoms with Crippen molar-refractivity contribution in [1.29, 1.82) is 0 Å². The predicted octanol–water partition coefficient (Wildman–Crippen LogP) is 0.432. The van der Waals surface area contributed by atoms with Crippen LogP contribution in [0, 0.1) is 0 Å². The molecule has 4 N–H and O–H groups in total. The summed E-state index contributed by atoms with van der Waals surface area (Å²) in [7, 11) is 0. The molecule has 88 valence electrons. The summed E-state index contributed by atoms with van der Waals surface area (Å²) in [4.78, 5) is 11.5. The number of hydrogen-bond acceptors (Lipinski definition) is 5. The van der Waals surface area contributed by atoms with Crippen LogP contribution in [0.4, 0.5) is 5.69 Å². The molecule has 1 atom stereocenters. The molecule has 1 rings (SSSR count). The van der Waals surface area contributed by atoms with Crippen LogP contribution in [0.5, 0.6) is 0 Å². The summed E-state index contributed by atoms with van der Waals surface area (Å²) in [5, 5.41) is 17.8. The minimum Gasteiger partial charge on any atom is -0.459 e. The number of esters is 1. The number of halogens is 1. The van der Waals surface area contributed by atoms with Crippen molar-refractivity contribution in [3.63, 3.8) is 0 Å². The molecule has 0 aliphatic rings. The van der Waals surface area contributed by atoms with Crippen LogP contribution < -0.4 is 5.73 Å². The van der Waals surface area contributed by atoms with E-state index in [1.807, 2.05) is 0 Å². The van der Waals surface area contributed by atoms with Crippen LogP contribution >= 0.6 is 11.6 Å². The molecule has 1 aromatic rings. The van der Waals surface area contributed by atoms with Crippen molar-refractivity contribution in [2.75, 3.05) is 18.9 Å². The number of aliphatic hydroxyl groups excluding tert-OH is 2. The average molecular weight is 246 g/mol. The van der Waals surface area contributed by atoms with Gasteiger partial charge in [0.25, 0.3) is 0 Å². The fourth-order valence-electron chi connectivity index (χ4n) is 1.02. The molecule has 0 aliphatic carbocycles. The van der Waals surface area contributed by atoms with Gasteiger partial charge in [0.05, 0.1) is 22.9 Å². The topological polar surface area (TPSA) is 92.8 Å². The average Bonchev–Trinajstić information content (AvgIpc) is 2.29. The number of carbonyl (C=O) groups excluding carboxylic acids is 1. The number of nitrogen functional groups attached to an aromatic ring is 1. The number of hydrogen-bond donors (Lipinski definition) is 3. The number of aliphatic hydroxyl groups is 2. The molecule has 0 saturated heterocycles. The first-order valence-corrected chi connectivity index (χ1v) is 4.94. The van der Waals surface area contributed by atoms with Gasteiger partial charge >= 0.3 is 5.97 Å². The number of carbonyl (C=O) groups is 1. The van der Waals surface area contributed by atoms with Crippen molar-refractivity contribution in [3.8, 4) is 0 Å². The second-order valence-electron chi connectivity index (χ2n) is 3.14. The van der Waals surface area contributed by atoms with Gasteiger partial charge in [-0.05, 0) is 12.1 Å². The maximum absolute atomic E-state index is 11.5. The minimum atomic E-state index is -1.09. The molecule has 1 aromatic carbocycles. The Hall–Kier alpha value is -1.30. The zero-order chi connectivity index (χ0) is 12.1. The first-order valence-electron chi connectivity index (χ1n) is 4.56. The van der Waals surface area contributed by atoms with Crippen molar-refractivity contribution in [2.45, 2.75) is 6.10 Å². The van der Waals surface area contributed by atoms with Crippen LogP contribution in [0.15, 0.2) is 18.2 Å². The van der Waals surface area contributed by atoms with E-state index in [2.05, 4.69) is 0 Å². The van der Waals surface area contributed by atoms with Crippen molar-refractivity contribution >= 4 is 23.3 Å². The highest BCUT2D eigenvalue weighted by Crippen LogP contribution is 2.22. The summed E-state index contributed by atoms with van der Waals surface area (Å²) in [5.74, 6) is -0.687. The molecule has 0 fully saturated rings. The van der Waals surface area contributed by atoms with Gasteiger partial charge in [-0.15, -0.1) is 0 Å². The Labute approximate surface area is 97.4 Å². The van der Waals surface area contributed by atoms with E-state index in [-0.39, 0.29) is 22.9 Å². The number of benzene rings is 1. The van der Waals surface area contributed by atoms with Crippen LogP contribution in [-0.2, 0) is 4.74 Å². The summed E-state index contributed by atoms with van der Waals surface area (Å²) < 4.78 is 4.73. The third-order valence-electron chi connectivity index (χ3n) is 1.89. The van der Waals surface area contributed by atoms with Crippen LogP contribution in [0.25, 0.3) is 0 Å². The predicted molar refractivity (Wildman–Crippen MR) is 59.2 cm³/mol. The first-order chi connectivity index (χ1) is 7.56. The van der Waals surface area contributed by atoms with E-state index in [0.717, 1.165) is 0 Å². The molecule has 5 nitrogen and oxygen atoms in total. The Morgan fingerprint density at radius 2 is 2.25 bits per heavy atom. The smallest absolute Gasteiger partial charge is 0.340 e. The van der Waals surface area contributed by atoms with E-state index < -0.39 is 18.7 Å². The Balaban J connectivity index is 2.70. The van der Waals surface area contributed by atoms with Gasteiger partial charge in [-0.2, -0.15) is 0 Å². The first kappa shape index (κ1) is 12.8. The number of nitrogens with two attached hydrogens (primary N) is 1. The molecule has 0 heterocycles. The number of ether oxygens (including phenoxy) is 1. The molecule has 0 radical (unpaired) electrons. The third-order valence-corrected chi connectivity index (χ3v) is 2.22. The second-order valence-corrected chi connectivity index (χ2v) is 3.54. The fourth-order valence-corrected chi connectivity index (χ4v) is 1.19. The third kappa shape index (κ3) is 3.10. The highest BCUT2D eigenvalue weighted by molar-refractivity contribution is 6.33. The summed E-state index contributed by atoms with van der Waals surface area (Å²) in [6.07, 6.45) is -1.09. The summed E-state index contributed by atoms with van der Waals surface area (Å²) in [6, 6.07) is 4.59. The van der Waals surface area contributed by atoms with Gasteiger partial charge in [0, 0.05) is 0 Å². The molecule has 0 aliphatic heterocycles. The van der Waals surface area contributed by atoms with E-state index in [1.165, 1.54) is 6.07 Å². The second kappa shape index (κ2) is 5.69. The summed E-state index contributed by atoms with van der Waals surface area (Å²) in [6.45, 7) is -0.764. The van der Waals surface area contributed by atoms with Crippen molar-refractivity contribution in [3.05, 3.63) is 28.8 Å². The summed E-state index contributed by atoms with van der Waals surface area (Å²) in [5.41, 5.74) is 5.85. The summed E-state index contributed by atoms with van der Waals surface area (Å²) >= 11 is 5.73. The Bertz CT molecular complexity index is 383. The molecule has 6 heteroatoms.